The molecule has 4 rings (SSSR count). The molecule has 2 heterocycles. The Hall–Kier alpha value is -3.75. The minimum Gasteiger partial charge on any atom is -0.486 e. The lowest BCUT2D eigenvalue weighted by atomic mass is 10.1. The lowest BCUT2D eigenvalue weighted by molar-refractivity contribution is -0.152. The Kier molecular flexibility index (Phi) is 4.94. The zero-order valence-electron chi connectivity index (χ0n) is 15.6. The van der Waals surface area contributed by atoms with Gasteiger partial charge in [0, 0.05) is 5.69 Å². The Morgan fingerprint density at radius 1 is 1.07 bits per heavy atom. The SMILES string of the molecule is C[C@H](OC(=O)Cc1ccc2c(c1)OCCO2)C(=O)Nc1ccc2[nH]c(=O)[nH]c2c1. The van der Waals surface area contributed by atoms with E-state index in [1.165, 1.54) is 6.92 Å². The molecule has 9 heteroatoms. The van der Waals surface area contributed by atoms with Crippen LogP contribution in [0.1, 0.15) is 12.5 Å². The molecule has 1 atom stereocenters. The van der Waals surface area contributed by atoms with Gasteiger partial charge in [0.2, 0.25) is 0 Å². The Labute approximate surface area is 165 Å². The molecule has 1 aliphatic heterocycles. The van der Waals surface area contributed by atoms with E-state index in [4.69, 9.17) is 14.2 Å². The maximum Gasteiger partial charge on any atom is 0.323 e. The van der Waals surface area contributed by atoms with E-state index in [0.717, 1.165) is 0 Å². The average molecular weight is 397 g/mol. The van der Waals surface area contributed by atoms with Crippen molar-refractivity contribution in [1.82, 2.24) is 9.97 Å². The van der Waals surface area contributed by atoms with Gasteiger partial charge in [-0.25, -0.2) is 4.79 Å². The van der Waals surface area contributed by atoms with Crippen LogP contribution in [0, 0.1) is 0 Å². The van der Waals surface area contributed by atoms with E-state index in [-0.39, 0.29) is 12.1 Å². The molecule has 0 saturated carbocycles. The van der Waals surface area contributed by atoms with Crippen molar-refractivity contribution in [1.29, 1.82) is 0 Å². The highest BCUT2D eigenvalue weighted by Gasteiger charge is 2.19. The van der Waals surface area contributed by atoms with Gasteiger partial charge in [0.15, 0.2) is 17.6 Å². The predicted octanol–water partition coefficient (Wildman–Crippen LogP) is 1.74. The summed E-state index contributed by atoms with van der Waals surface area (Å²) in [5.74, 6) is 0.222. The standard InChI is InChI=1S/C20H19N3O6/c1-11(19(25)21-13-3-4-14-15(10-13)23-20(26)22-14)29-18(24)9-12-2-5-16-17(8-12)28-7-6-27-16/h2-5,8,10-11H,6-7,9H2,1H3,(H,21,25)(H2,22,23,26)/t11-/m0/s1. The lowest BCUT2D eigenvalue weighted by Crippen LogP contribution is -2.30. The number of aromatic nitrogens is 2. The molecule has 9 nitrogen and oxygen atoms in total. The molecule has 1 aliphatic rings. The largest absolute Gasteiger partial charge is 0.486 e. The van der Waals surface area contributed by atoms with Gasteiger partial charge >= 0.3 is 11.7 Å². The first kappa shape index (κ1) is 18.6. The highest BCUT2D eigenvalue weighted by molar-refractivity contribution is 5.96. The van der Waals surface area contributed by atoms with Crippen molar-refractivity contribution in [2.24, 2.45) is 0 Å². The van der Waals surface area contributed by atoms with Crippen molar-refractivity contribution in [2.75, 3.05) is 18.5 Å². The second-order valence-electron chi connectivity index (χ2n) is 6.62. The molecule has 0 bridgehead atoms. The molecule has 0 unspecified atom stereocenters. The van der Waals surface area contributed by atoms with Crippen LogP contribution in [-0.4, -0.2) is 41.2 Å². The molecule has 0 aliphatic carbocycles. The number of rotatable bonds is 5. The summed E-state index contributed by atoms with van der Waals surface area (Å²) >= 11 is 0. The topological polar surface area (TPSA) is 123 Å². The van der Waals surface area contributed by atoms with E-state index >= 15 is 0 Å². The summed E-state index contributed by atoms with van der Waals surface area (Å²) < 4.78 is 16.2. The number of carbonyl (C=O) groups excluding carboxylic acids is 2. The van der Waals surface area contributed by atoms with Crippen molar-refractivity contribution in [2.45, 2.75) is 19.4 Å². The summed E-state index contributed by atoms with van der Waals surface area (Å²) in [5, 5.41) is 2.66. The van der Waals surface area contributed by atoms with Crippen LogP contribution in [0.25, 0.3) is 11.0 Å². The summed E-state index contributed by atoms with van der Waals surface area (Å²) in [6.07, 6.45) is -0.981. The number of esters is 1. The number of hydrogen-bond acceptors (Lipinski definition) is 6. The number of H-pyrrole nitrogens is 2. The molecule has 1 aromatic heterocycles. The molecule has 0 fully saturated rings. The number of hydrogen-bond donors (Lipinski definition) is 3. The van der Waals surface area contributed by atoms with Crippen LogP contribution in [0.15, 0.2) is 41.2 Å². The van der Waals surface area contributed by atoms with Crippen molar-refractivity contribution in [3.05, 3.63) is 52.4 Å². The number of aromatic amines is 2. The third-order valence-corrected chi connectivity index (χ3v) is 4.42. The first-order chi connectivity index (χ1) is 14.0. The highest BCUT2D eigenvalue weighted by atomic mass is 16.6. The number of ether oxygens (including phenoxy) is 3. The minimum absolute atomic E-state index is 0.00477. The monoisotopic (exact) mass is 397 g/mol. The van der Waals surface area contributed by atoms with E-state index < -0.39 is 18.0 Å². The molecule has 0 spiro atoms. The molecule has 0 radical (unpaired) electrons. The Bertz CT molecular complexity index is 1130. The molecular weight excluding hydrogens is 378 g/mol. The van der Waals surface area contributed by atoms with Gasteiger partial charge in [-0.05, 0) is 42.8 Å². The fourth-order valence-electron chi connectivity index (χ4n) is 3.01. The van der Waals surface area contributed by atoms with Gasteiger partial charge in [0.05, 0.1) is 17.5 Å². The van der Waals surface area contributed by atoms with Gasteiger partial charge < -0.3 is 29.5 Å². The summed E-state index contributed by atoms with van der Waals surface area (Å²) in [5.41, 5.74) is 2.05. The van der Waals surface area contributed by atoms with Crippen LogP contribution in [0.3, 0.4) is 0 Å². The second kappa shape index (κ2) is 7.70. The van der Waals surface area contributed by atoms with E-state index in [1.54, 1.807) is 36.4 Å². The smallest absolute Gasteiger partial charge is 0.323 e. The van der Waals surface area contributed by atoms with Gasteiger partial charge in [-0.15, -0.1) is 0 Å². The normalized spacial score (nSPS) is 13.7. The summed E-state index contributed by atoms with van der Waals surface area (Å²) in [4.78, 5) is 41.1. The van der Waals surface area contributed by atoms with Crippen LogP contribution in [0.4, 0.5) is 5.69 Å². The number of carbonyl (C=O) groups is 2. The predicted molar refractivity (Wildman–Crippen MR) is 104 cm³/mol. The zero-order valence-corrected chi connectivity index (χ0v) is 15.6. The zero-order chi connectivity index (χ0) is 20.4. The third-order valence-electron chi connectivity index (χ3n) is 4.42. The van der Waals surface area contributed by atoms with E-state index in [1.807, 2.05) is 0 Å². The van der Waals surface area contributed by atoms with Gasteiger partial charge in [-0.3, -0.25) is 9.59 Å². The molecule has 2 aromatic carbocycles. The first-order valence-electron chi connectivity index (χ1n) is 9.09. The van der Waals surface area contributed by atoms with Crippen molar-refractivity contribution >= 4 is 28.6 Å². The van der Waals surface area contributed by atoms with Gasteiger partial charge in [-0.1, -0.05) is 6.07 Å². The van der Waals surface area contributed by atoms with E-state index in [2.05, 4.69) is 15.3 Å². The van der Waals surface area contributed by atoms with Gasteiger partial charge in [0.25, 0.3) is 5.91 Å². The van der Waals surface area contributed by atoms with Crippen LogP contribution >= 0.6 is 0 Å². The lowest BCUT2D eigenvalue weighted by Gasteiger charge is -2.19. The number of imidazole rings is 1. The van der Waals surface area contributed by atoms with E-state index in [9.17, 15) is 14.4 Å². The van der Waals surface area contributed by atoms with Crippen LogP contribution in [0.2, 0.25) is 0 Å². The fourth-order valence-corrected chi connectivity index (χ4v) is 3.01. The highest BCUT2D eigenvalue weighted by Crippen LogP contribution is 2.30. The summed E-state index contributed by atoms with van der Waals surface area (Å²) in [7, 11) is 0. The molecule has 0 saturated heterocycles. The molecular formula is C20H19N3O6. The average Bonchev–Trinajstić information content (AvgIpc) is 3.07. The second-order valence-corrected chi connectivity index (χ2v) is 6.62. The molecule has 3 N–H and O–H groups in total. The number of amides is 1. The quantitative estimate of drug-likeness (QED) is 0.564. The van der Waals surface area contributed by atoms with Crippen molar-refractivity contribution in [3.8, 4) is 11.5 Å². The molecule has 3 aromatic rings. The van der Waals surface area contributed by atoms with Crippen molar-refractivity contribution in [3.63, 3.8) is 0 Å². The van der Waals surface area contributed by atoms with Crippen molar-refractivity contribution < 1.29 is 23.8 Å². The number of fused-ring (bicyclic) bond motifs is 2. The molecule has 150 valence electrons. The van der Waals surface area contributed by atoms with Crippen LogP contribution in [0.5, 0.6) is 11.5 Å². The maximum absolute atomic E-state index is 12.3. The third kappa shape index (κ3) is 4.23. The van der Waals surface area contributed by atoms with Crippen LogP contribution < -0.4 is 20.5 Å². The number of nitrogens with one attached hydrogen (secondary N) is 3. The first-order valence-corrected chi connectivity index (χ1v) is 9.09. The Balaban J connectivity index is 1.35. The Morgan fingerprint density at radius 2 is 1.83 bits per heavy atom. The van der Waals surface area contributed by atoms with E-state index in [0.29, 0.717) is 47.0 Å². The minimum atomic E-state index is -0.985. The number of benzene rings is 2. The molecule has 29 heavy (non-hydrogen) atoms. The fraction of sp³-hybridized carbons (Fsp3) is 0.250. The summed E-state index contributed by atoms with van der Waals surface area (Å²) in [6.45, 7) is 2.45. The maximum atomic E-state index is 12.3. The van der Waals surface area contributed by atoms with Gasteiger partial charge in [0.1, 0.15) is 13.2 Å². The van der Waals surface area contributed by atoms with Gasteiger partial charge in [-0.2, -0.15) is 0 Å². The number of anilines is 1. The molecule has 1 amide bonds. The Morgan fingerprint density at radius 3 is 2.66 bits per heavy atom. The van der Waals surface area contributed by atoms with Crippen LogP contribution in [-0.2, 0) is 20.7 Å². The summed E-state index contributed by atoms with van der Waals surface area (Å²) in [6, 6.07) is 10.2.